The minimum absolute atomic E-state index is 0.00852. The molecule has 3 aromatic heterocycles. The SMILES string of the molecule is Cc1ccc(NC(=O)c2cnc(CNC(=O)c3cc(-c4cccnc4F)ncn3)s2)cc1C(F)(F)F. The van der Waals surface area contributed by atoms with Gasteiger partial charge in [-0.25, -0.2) is 19.9 Å². The van der Waals surface area contributed by atoms with Crippen molar-refractivity contribution < 1.29 is 27.2 Å². The number of halogens is 4. The van der Waals surface area contributed by atoms with Crippen LogP contribution in [0.2, 0.25) is 0 Å². The van der Waals surface area contributed by atoms with Gasteiger partial charge in [0.2, 0.25) is 5.95 Å². The molecule has 0 saturated carbocycles. The molecule has 2 amide bonds. The van der Waals surface area contributed by atoms with Crippen LogP contribution in [0.1, 0.15) is 36.3 Å². The molecular formula is C23H16F4N6O2S. The molecule has 0 aliphatic carbocycles. The zero-order valence-corrected chi connectivity index (χ0v) is 19.2. The van der Waals surface area contributed by atoms with E-state index in [4.69, 9.17) is 0 Å². The first-order chi connectivity index (χ1) is 17.1. The number of rotatable bonds is 6. The van der Waals surface area contributed by atoms with E-state index < -0.39 is 29.5 Å². The molecule has 36 heavy (non-hydrogen) atoms. The number of thiazole rings is 1. The Morgan fingerprint density at radius 3 is 2.58 bits per heavy atom. The van der Waals surface area contributed by atoms with Gasteiger partial charge < -0.3 is 10.6 Å². The van der Waals surface area contributed by atoms with Crippen LogP contribution in [0.4, 0.5) is 23.2 Å². The van der Waals surface area contributed by atoms with Crippen LogP contribution in [0.5, 0.6) is 0 Å². The van der Waals surface area contributed by atoms with Crippen molar-refractivity contribution in [2.24, 2.45) is 0 Å². The Labute approximate surface area is 205 Å². The molecule has 0 saturated heterocycles. The van der Waals surface area contributed by atoms with E-state index in [2.05, 4.69) is 30.6 Å². The summed E-state index contributed by atoms with van der Waals surface area (Å²) >= 11 is 0.962. The minimum atomic E-state index is -4.54. The fourth-order valence-corrected chi connectivity index (χ4v) is 3.90. The fourth-order valence-electron chi connectivity index (χ4n) is 3.15. The fraction of sp³-hybridized carbons (Fsp3) is 0.130. The van der Waals surface area contributed by atoms with E-state index in [0.29, 0.717) is 5.01 Å². The van der Waals surface area contributed by atoms with E-state index in [1.807, 2.05) is 0 Å². The minimum Gasteiger partial charge on any atom is -0.344 e. The van der Waals surface area contributed by atoms with Crippen LogP contribution in [-0.4, -0.2) is 31.8 Å². The molecule has 0 atom stereocenters. The molecule has 184 valence electrons. The largest absolute Gasteiger partial charge is 0.416 e. The highest BCUT2D eigenvalue weighted by Gasteiger charge is 2.32. The molecule has 0 aliphatic rings. The smallest absolute Gasteiger partial charge is 0.344 e. The van der Waals surface area contributed by atoms with Crippen molar-refractivity contribution in [1.82, 2.24) is 25.3 Å². The maximum absolute atomic E-state index is 13.9. The van der Waals surface area contributed by atoms with Gasteiger partial charge in [-0.05, 0) is 42.8 Å². The molecule has 13 heteroatoms. The Kier molecular flexibility index (Phi) is 7.01. The maximum atomic E-state index is 13.9. The quantitative estimate of drug-likeness (QED) is 0.285. The van der Waals surface area contributed by atoms with E-state index in [1.165, 1.54) is 49.6 Å². The second-order valence-electron chi connectivity index (χ2n) is 7.41. The van der Waals surface area contributed by atoms with Gasteiger partial charge in [0.15, 0.2) is 0 Å². The van der Waals surface area contributed by atoms with Gasteiger partial charge in [0.25, 0.3) is 11.8 Å². The van der Waals surface area contributed by atoms with Crippen molar-refractivity contribution in [3.05, 3.63) is 87.8 Å². The third-order valence-corrected chi connectivity index (χ3v) is 5.91. The second-order valence-corrected chi connectivity index (χ2v) is 8.53. The van der Waals surface area contributed by atoms with Crippen molar-refractivity contribution in [3.8, 4) is 11.3 Å². The number of pyridine rings is 1. The summed E-state index contributed by atoms with van der Waals surface area (Å²) in [5, 5.41) is 5.39. The lowest BCUT2D eigenvalue weighted by Gasteiger charge is -2.12. The van der Waals surface area contributed by atoms with Gasteiger partial charge in [-0.3, -0.25) is 9.59 Å². The Hall–Kier alpha value is -4.26. The molecular weight excluding hydrogens is 500 g/mol. The third-order valence-electron chi connectivity index (χ3n) is 4.91. The number of carbonyl (C=O) groups excluding carboxylic acids is 2. The van der Waals surface area contributed by atoms with Crippen molar-refractivity contribution in [1.29, 1.82) is 0 Å². The number of aromatic nitrogens is 4. The summed E-state index contributed by atoms with van der Waals surface area (Å²) in [6, 6.07) is 7.82. The van der Waals surface area contributed by atoms with Crippen molar-refractivity contribution >= 4 is 28.8 Å². The number of benzene rings is 1. The highest BCUT2D eigenvalue weighted by molar-refractivity contribution is 7.13. The monoisotopic (exact) mass is 516 g/mol. The predicted octanol–water partition coefficient (Wildman–Crippen LogP) is 4.64. The zero-order valence-electron chi connectivity index (χ0n) is 18.4. The van der Waals surface area contributed by atoms with Gasteiger partial charge in [0.05, 0.1) is 29.6 Å². The highest BCUT2D eigenvalue weighted by atomic mass is 32.1. The topological polar surface area (TPSA) is 110 Å². The van der Waals surface area contributed by atoms with E-state index in [-0.39, 0.29) is 39.6 Å². The Morgan fingerprint density at radius 2 is 1.83 bits per heavy atom. The molecule has 4 aromatic rings. The number of alkyl halides is 3. The van der Waals surface area contributed by atoms with E-state index in [9.17, 15) is 27.2 Å². The standard InChI is InChI=1S/C23H16F4N6O2S/c1-12-4-5-13(7-15(12)23(25,26)27)33-22(35)18-9-29-19(36-18)10-30-21(34)17-8-16(31-11-32-17)14-3-2-6-28-20(14)24/h2-9,11H,10H2,1H3,(H,30,34)(H,33,35). The zero-order chi connectivity index (χ0) is 25.9. The van der Waals surface area contributed by atoms with Gasteiger partial charge in [-0.2, -0.15) is 17.6 Å². The van der Waals surface area contributed by atoms with Crippen LogP contribution in [0.15, 0.2) is 55.1 Å². The number of hydrogen-bond acceptors (Lipinski definition) is 7. The molecule has 0 spiro atoms. The first kappa shape index (κ1) is 24.9. The average molecular weight is 516 g/mol. The molecule has 0 aliphatic heterocycles. The van der Waals surface area contributed by atoms with Crippen LogP contribution in [0.3, 0.4) is 0 Å². The summed E-state index contributed by atoms with van der Waals surface area (Å²) in [5.74, 6) is -1.96. The van der Waals surface area contributed by atoms with Crippen LogP contribution in [0.25, 0.3) is 11.3 Å². The maximum Gasteiger partial charge on any atom is 0.416 e. The van der Waals surface area contributed by atoms with Crippen molar-refractivity contribution in [2.75, 3.05) is 5.32 Å². The number of aryl methyl sites for hydroxylation is 1. The Balaban J connectivity index is 1.39. The van der Waals surface area contributed by atoms with Gasteiger partial charge in [-0.15, -0.1) is 11.3 Å². The van der Waals surface area contributed by atoms with E-state index >= 15 is 0 Å². The normalized spacial score (nSPS) is 11.2. The van der Waals surface area contributed by atoms with Gasteiger partial charge >= 0.3 is 6.18 Å². The number of nitrogens with zero attached hydrogens (tertiary/aromatic N) is 4. The lowest BCUT2D eigenvalue weighted by atomic mass is 10.1. The molecule has 0 fully saturated rings. The molecule has 1 aromatic carbocycles. The summed E-state index contributed by atoms with van der Waals surface area (Å²) in [4.78, 5) is 40.6. The predicted molar refractivity (Wildman–Crippen MR) is 123 cm³/mol. The van der Waals surface area contributed by atoms with Gasteiger partial charge in [0.1, 0.15) is 21.9 Å². The summed E-state index contributed by atoms with van der Waals surface area (Å²) in [6.07, 6.45) is -0.875. The molecule has 8 nitrogen and oxygen atoms in total. The van der Waals surface area contributed by atoms with E-state index in [0.717, 1.165) is 23.7 Å². The first-order valence-electron chi connectivity index (χ1n) is 10.3. The first-order valence-corrected chi connectivity index (χ1v) is 11.1. The Morgan fingerprint density at radius 1 is 1.03 bits per heavy atom. The third kappa shape index (κ3) is 5.68. The number of anilines is 1. The molecule has 3 heterocycles. The number of hydrogen-bond donors (Lipinski definition) is 2. The second kappa shape index (κ2) is 10.2. The average Bonchev–Trinajstić information content (AvgIpc) is 3.33. The lowest BCUT2D eigenvalue weighted by molar-refractivity contribution is -0.138. The molecule has 0 bridgehead atoms. The van der Waals surface area contributed by atoms with Gasteiger partial charge in [0, 0.05) is 11.9 Å². The van der Waals surface area contributed by atoms with Crippen molar-refractivity contribution in [2.45, 2.75) is 19.6 Å². The summed E-state index contributed by atoms with van der Waals surface area (Å²) in [5.41, 5.74) is -0.535. The van der Waals surface area contributed by atoms with Crippen LogP contribution < -0.4 is 10.6 Å². The Bertz CT molecular complexity index is 1440. The van der Waals surface area contributed by atoms with Crippen LogP contribution in [0, 0.1) is 12.9 Å². The van der Waals surface area contributed by atoms with Gasteiger partial charge in [-0.1, -0.05) is 6.07 Å². The summed E-state index contributed by atoms with van der Waals surface area (Å²) < 4.78 is 53.2. The molecule has 0 radical (unpaired) electrons. The number of nitrogens with one attached hydrogen (secondary N) is 2. The summed E-state index contributed by atoms with van der Waals surface area (Å²) in [7, 11) is 0. The molecule has 2 N–H and O–H groups in total. The van der Waals surface area contributed by atoms with E-state index in [1.54, 1.807) is 0 Å². The van der Waals surface area contributed by atoms with Crippen molar-refractivity contribution in [3.63, 3.8) is 0 Å². The molecule has 4 rings (SSSR count). The number of carbonyl (C=O) groups is 2. The summed E-state index contributed by atoms with van der Waals surface area (Å²) in [6.45, 7) is 1.29. The lowest BCUT2D eigenvalue weighted by Crippen LogP contribution is -2.23. The highest BCUT2D eigenvalue weighted by Crippen LogP contribution is 2.33. The van der Waals surface area contributed by atoms with Crippen LogP contribution >= 0.6 is 11.3 Å². The molecule has 0 unspecified atom stereocenters. The number of amides is 2. The van der Waals surface area contributed by atoms with Crippen LogP contribution in [-0.2, 0) is 12.7 Å².